The Bertz CT molecular complexity index is 686. The lowest BCUT2D eigenvalue weighted by Gasteiger charge is -2.31. The number of carbonyl (C=O) groups excluding carboxylic acids is 1. The number of fused-ring (bicyclic) bond motifs is 1. The van der Waals surface area contributed by atoms with Gasteiger partial charge in [-0.25, -0.2) is 4.39 Å². The molecule has 1 aliphatic heterocycles. The van der Waals surface area contributed by atoms with E-state index in [0.717, 1.165) is 48.3 Å². The molecule has 2 aromatic rings. The van der Waals surface area contributed by atoms with Gasteiger partial charge in [-0.1, -0.05) is 0 Å². The van der Waals surface area contributed by atoms with Gasteiger partial charge in [0.25, 0.3) is 0 Å². The summed E-state index contributed by atoms with van der Waals surface area (Å²) in [6.45, 7) is 4.95. The summed E-state index contributed by atoms with van der Waals surface area (Å²) >= 11 is 1.38. The van der Waals surface area contributed by atoms with Crippen LogP contribution in [0.15, 0.2) is 18.2 Å². The summed E-state index contributed by atoms with van der Waals surface area (Å²) < 4.78 is 23.7. The molecule has 0 radical (unpaired) electrons. The van der Waals surface area contributed by atoms with Crippen molar-refractivity contribution in [1.29, 1.82) is 0 Å². The second kappa shape index (κ2) is 8.74. The number of hydrogen-bond acceptors (Lipinski definition) is 5. The van der Waals surface area contributed by atoms with E-state index < -0.39 is 0 Å². The third-order valence-electron chi connectivity index (χ3n) is 4.37. The SMILES string of the molecule is CCOC(=O)CCN1CCC(c2nsc3cc(F)ccc23)CC1.Cl. The van der Waals surface area contributed by atoms with Crippen molar-refractivity contribution in [1.82, 2.24) is 9.27 Å². The van der Waals surface area contributed by atoms with Crippen molar-refractivity contribution in [2.75, 3.05) is 26.2 Å². The van der Waals surface area contributed by atoms with Gasteiger partial charge in [0, 0.05) is 17.8 Å². The first kappa shape index (κ1) is 19.1. The van der Waals surface area contributed by atoms with Crippen LogP contribution in [-0.4, -0.2) is 41.5 Å². The quantitative estimate of drug-likeness (QED) is 0.744. The van der Waals surface area contributed by atoms with E-state index in [-0.39, 0.29) is 24.2 Å². The third-order valence-corrected chi connectivity index (χ3v) is 5.20. The minimum absolute atomic E-state index is 0. The summed E-state index contributed by atoms with van der Waals surface area (Å²) in [5, 5.41) is 1.08. The zero-order valence-corrected chi connectivity index (χ0v) is 15.3. The van der Waals surface area contributed by atoms with Crippen LogP contribution in [0.4, 0.5) is 4.39 Å². The fourth-order valence-electron chi connectivity index (χ4n) is 3.14. The topological polar surface area (TPSA) is 42.4 Å². The molecule has 0 saturated carbocycles. The lowest BCUT2D eigenvalue weighted by molar-refractivity contribution is -0.143. The van der Waals surface area contributed by atoms with Crippen LogP contribution in [0.3, 0.4) is 0 Å². The van der Waals surface area contributed by atoms with E-state index in [2.05, 4.69) is 9.27 Å². The summed E-state index contributed by atoms with van der Waals surface area (Å²) in [5.74, 6) is 0.0942. The Hall–Kier alpha value is -1.24. The van der Waals surface area contributed by atoms with Crippen LogP contribution < -0.4 is 0 Å². The van der Waals surface area contributed by atoms with Gasteiger partial charge in [-0.15, -0.1) is 12.4 Å². The van der Waals surface area contributed by atoms with Gasteiger partial charge in [-0.05, 0) is 62.6 Å². The average Bonchev–Trinajstić information content (AvgIpc) is 2.96. The molecule has 2 heterocycles. The lowest BCUT2D eigenvalue weighted by Crippen LogP contribution is -2.34. The van der Waals surface area contributed by atoms with E-state index in [4.69, 9.17) is 4.74 Å². The van der Waals surface area contributed by atoms with Crippen molar-refractivity contribution in [3.8, 4) is 0 Å². The highest BCUT2D eigenvalue weighted by atomic mass is 35.5. The van der Waals surface area contributed by atoms with Crippen LogP contribution >= 0.6 is 23.9 Å². The zero-order valence-electron chi connectivity index (χ0n) is 13.7. The molecule has 0 bridgehead atoms. The number of hydrogen-bond donors (Lipinski definition) is 0. The number of rotatable bonds is 5. The van der Waals surface area contributed by atoms with Gasteiger partial charge in [0.05, 0.1) is 23.4 Å². The molecule has 132 valence electrons. The first-order valence-electron chi connectivity index (χ1n) is 8.10. The summed E-state index contributed by atoms with van der Waals surface area (Å²) in [6, 6.07) is 4.91. The maximum Gasteiger partial charge on any atom is 0.307 e. The molecule has 3 rings (SSSR count). The monoisotopic (exact) mass is 372 g/mol. The maximum atomic E-state index is 13.3. The van der Waals surface area contributed by atoms with Gasteiger partial charge in [0.15, 0.2) is 0 Å². The van der Waals surface area contributed by atoms with Crippen molar-refractivity contribution in [3.05, 3.63) is 29.7 Å². The number of likely N-dealkylation sites (tertiary alicyclic amines) is 1. The fourth-order valence-corrected chi connectivity index (χ4v) is 4.02. The van der Waals surface area contributed by atoms with Crippen LogP contribution in [0.2, 0.25) is 0 Å². The molecule has 1 saturated heterocycles. The average molecular weight is 373 g/mol. The van der Waals surface area contributed by atoms with Crippen LogP contribution in [0, 0.1) is 5.82 Å². The largest absolute Gasteiger partial charge is 0.466 e. The van der Waals surface area contributed by atoms with Gasteiger partial charge in [-0.3, -0.25) is 4.79 Å². The van der Waals surface area contributed by atoms with Crippen molar-refractivity contribution in [2.24, 2.45) is 0 Å². The number of halogens is 2. The summed E-state index contributed by atoms with van der Waals surface area (Å²) in [6.07, 6.45) is 2.51. The van der Waals surface area contributed by atoms with Crippen molar-refractivity contribution < 1.29 is 13.9 Å². The molecule has 0 N–H and O–H groups in total. The summed E-state index contributed by atoms with van der Waals surface area (Å²) in [5.41, 5.74) is 1.11. The Morgan fingerprint density at radius 3 is 2.88 bits per heavy atom. The standard InChI is InChI=1S/C17H21FN2O2S.ClH/c1-2-22-16(21)7-10-20-8-5-12(6-9-20)17-14-4-3-13(18)11-15(14)23-19-17;/h3-4,11-12H,2,5-10H2,1H3;1H. The van der Waals surface area contributed by atoms with Gasteiger partial charge < -0.3 is 9.64 Å². The molecule has 0 spiro atoms. The molecular weight excluding hydrogens is 351 g/mol. The van der Waals surface area contributed by atoms with Crippen LogP contribution in [-0.2, 0) is 9.53 Å². The predicted octanol–water partition coefficient (Wildman–Crippen LogP) is 3.99. The highest BCUT2D eigenvalue weighted by Crippen LogP contribution is 2.34. The van der Waals surface area contributed by atoms with E-state index >= 15 is 0 Å². The Balaban J connectivity index is 0.00000208. The Morgan fingerprint density at radius 1 is 1.42 bits per heavy atom. The lowest BCUT2D eigenvalue weighted by atomic mass is 9.91. The number of esters is 1. The zero-order chi connectivity index (χ0) is 16.2. The second-order valence-corrected chi connectivity index (χ2v) is 6.68. The molecule has 1 aromatic heterocycles. The molecule has 24 heavy (non-hydrogen) atoms. The van der Waals surface area contributed by atoms with E-state index in [0.29, 0.717) is 18.9 Å². The third kappa shape index (κ3) is 4.43. The second-order valence-electron chi connectivity index (χ2n) is 5.88. The summed E-state index contributed by atoms with van der Waals surface area (Å²) in [4.78, 5) is 13.7. The van der Waals surface area contributed by atoms with Crippen LogP contribution in [0.25, 0.3) is 10.1 Å². The number of benzene rings is 1. The van der Waals surface area contributed by atoms with Gasteiger partial charge >= 0.3 is 5.97 Å². The van der Waals surface area contributed by atoms with E-state index in [1.54, 1.807) is 6.07 Å². The molecular formula is C17H22ClFN2O2S. The number of carbonyl (C=O) groups is 1. The molecule has 0 amide bonds. The van der Waals surface area contributed by atoms with Crippen molar-refractivity contribution in [2.45, 2.75) is 32.1 Å². The predicted molar refractivity (Wildman–Crippen MR) is 96.5 cm³/mol. The molecule has 1 aromatic carbocycles. The van der Waals surface area contributed by atoms with E-state index in [1.807, 2.05) is 13.0 Å². The van der Waals surface area contributed by atoms with Gasteiger partial charge in [0.2, 0.25) is 0 Å². The van der Waals surface area contributed by atoms with E-state index in [1.165, 1.54) is 17.6 Å². The number of nitrogens with zero attached hydrogens (tertiary/aromatic N) is 2. The Kier molecular flexibility index (Phi) is 6.95. The minimum Gasteiger partial charge on any atom is -0.466 e. The number of piperidine rings is 1. The molecule has 1 fully saturated rings. The van der Waals surface area contributed by atoms with Crippen LogP contribution in [0.1, 0.15) is 37.8 Å². The van der Waals surface area contributed by atoms with E-state index in [9.17, 15) is 9.18 Å². The Labute approximate surface area is 151 Å². The molecule has 1 aliphatic rings. The van der Waals surface area contributed by atoms with Crippen molar-refractivity contribution in [3.63, 3.8) is 0 Å². The van der Waals surface area contributed by atoms with Gasteiger partial charge in [-0.2, -0.15) is 4.37 Å². The smallest absolute Gasteiger partial charge is 0.307 e. The van der Waals surface area contributed by atoms with Gasteiger partial charge in [0.1, 0.15) is 5.82 Å². The number of aromatic nitrogens is 1. The Morgan fingerprint density at radius 2 is 2.17 bits per heavy atom. The molecule has 7 heteroatoms. The highest BCUT2D eigenvalue weighted by molar-refractivity contribution is 7.13. The molecule has 0 aliphatic carbocycles. The highest BCUT2D eigenvalue weighted by Gasteiger charge is 2.24. The first-order chi connectivity index (χ1) is 11.2. The maximum absolute atomic E-state index is 13.3. The summed E-state index contributed by atoms with van der Waals surface area (Å²) in [7, 11) is 0. The molecule has 4 nitrogen and oxygen atoms in total. The minimum atomic E-state index is -0.207. The molecule has 0 unspecified atom stereocenters. The molecule has 0 atom stereocenters. The van der Waals surface area contributed by atoms with Crippen molar-refractivity contribution >= 4 is 40.0 Å². The first-order valence-corrected chi connectivity index (χ1v) is 8.87. The number of ether oxygens (including phenoxy) is 1. The fraction of sp³-hybridized carbons (Fsp3) is 0.529. The normalized spacial score (nSPS) is 16.1. The van der Waals surface area contributed by atoms with Crippen LogP contribution in [0.5, 0.6) is 0 Å².